The molecule has 1 aliphatic rings. The van der Waals surface area contributed by atoms with Gasteiger partial charge in [0.15, 0.2) is 0 Å². The van der Waals surface area contributed by atoms with Gasteiger partial charge in [-0.25, -0.2) is 5.84 Å². The standard InChI is InChI=1S/C13H25N7O/c1-4-21-13-17-11(16-12(18-13)19-14)15-7-10-5-6-20(8-10)9(2)3/h9-10H,4-8,14H2,1-3H3,(H2,15,16,17,18,19). The second-order valence-corrected chi connectivity index (χ2v) is 5.47. The molecule has 1 saturated heterocycles. The Morgan fingerprint density at radius 1 is 1.33 bits per heavy atom. The summed E-state index contributed by atoms with van der Waals surface area (Å²) in [6.07, 6.45) is 1.19. The van der Waals surface area contributed by atoms with Crippen LogP contribution in [0.2, 0.25) is 0 Å². The first-order chi connectivity index (χ1) is 10.1. The van der Waals surface area contributed by atoms with E-state index in [9.17, 15) is 0 Å². The topological polar surface area (TPSA) is 101 Å². The maximum absolute atomic E-state index is 5.36. The van der Waals surface area contributed by atoms with E-state index < -0.39 is 0 Å². The third kappa shape index (κ3) is 4.40. The molecule has 8 nitrogen and oxygen atoms in total. The molecule has 0 amide bonds. The third-order valence-corrected chi connectivity index (χ3v) is 3.61. The second kappa shape index (κ2) is 7.37. The van der Waals surface area contributed by atoms with Crippen LogP contribution in [0.3, 0.4) is 0 Å². The SMILES string of the molecule is CCOc1nc(NN)nc(NCC2CCN(C(C)C)C2)n1. The summed E-state index contributed by atoms with van der Waals surface area (Å²) in [5.41, 5.74) is 2.43. The van der Waals surface area contributed by atoms with Crippen LogP contribution in [0.5, 0.6) is 6.01 Å². The van der Waals surface area contributed by atoms with E-state index in [1.165, 1.54) is 6.42 Å². The van der Waals surface area contributed by atoms with E-state index in [1.807, 2.05) is 6.92 Å². The van der Waals surface area contributed by atoms with Crippen molar-refractivity contribution in [3.63, 3.8) is 0 Å². The van der Waals surface area contributed by atoms with Gasteiger partial charge < -0.3 is 15.0 Å². The Balaban J connectivity index is 1.92. The van der Waals surface area contributed by atoms with E-state index in [1.54, 1.807) is 0 Å². The Morgan fingerprint density at radius 2 is 2.10 bits per heavy atom. The molecule has 0 saturated carbocycles. The third-order valence-electron chi connectivity index (χ3n) is 3.61. The van der Waals surface area contributed by atoms with E-state index in [2.05, 4.69) is 44.4 Å². The van der Waals surface area contributed by atoms with Gasteiger partial charge in [0.05, 0.1) is 6.61 Å². The number of likely N-dealkylation sites (tertiary alicyclic amines) is 1. The Bertz CT molecular complexity index is 454. The van der Waals surface area contributed by atoms with Gasteiger partial charge in [-0.15, -0.1) is 0 Å². The van der Waals surface area contributed by atoms with Crippen molar-refractivity contribution in [2.45, 2.75) is 33.2 Å². The lowest BCUT2D eigenvalue weighted by Crippen LogP contribution is -2.29. The highest BCUT2D eigenvalue weighted by molar-refractivity contribution is 5.34. The zero-order valence-electron chi connectivity index (χ0n) is 13.0. The van der Waals surface area contributed by atoms with Gasteiger partial charge in [0.25, 0.3) is 0 Å². The number of nitrogens with two attached hydrogens (primary N) is 1. The van der Waals surface area contributed by atoms with Crippen molar-refractivity contribution in [3.8, 4) is 6.01 Å². The highest BCUT2D eigenvalue weighted by atomic mass is 16.5. The van der Waals surface area contributed by atoms with Crippen molar-refractivity contribution in [2.24, 2.45) is 11.8 Å². The largest absolute Gasteiger partial charge is 0.464 e. The Labute approximate surface area is 125 Å². The van der Waals surface area contributed by atoms with Crippen LogP contribution in [0.1, 0.15) is 27.2 Å². The van der Waals surface area contributed by atoms with Gasteiger partial charge in [-0.05, 0) is 39.7 Å². The number of aromatic nitrogens is 3. The molecule has 0 aromatic carbocycles. The number of nitrogen functional groups attached to an aromatic ring is 1. The molecule has 0 radical (unpaired) electrons. The number of hydrazine groups is 1. The molecule has 4 N–H and O–H groups in total. The van der Waals surface area contributed by atoms with Crippen LogP contribution in [0, 0.1) is 5.92 Å². The predicted molar refractivity (Wildman–Crippen MR) is 82.1 cm³/mol. The zero-order valence-corrected chi connectivity index (χ0v) is 13.0. The molecule has 1 aromatic heterocycles. The molecular formula is C13H25N7O. The maximum Gasteiger partial charge on any atom is 0.323 e. The van der Waals surface area contributed by atoms with Gasteiger partial charge in [-0.2, -0.15) is 15.0 Å². The number of hydrogen-bond acceptors (Lipinski definition) is 8. The summed E-state index contributed by atoms with van der Waals surface area (Å²) in [7, 11) is 0. The summed E-state index contributed by atoms with van der Waals surface area (Å²) >= 11 is 0. The molecule has 21 heavy (non-hydrogen) atoms. The maximum atomic E-state index is 5.36. The fraction of sp³-hybridized carbons (Fsp3) is 0.769. The molecule has 2 heterocycles. The van der Waals surface area contributed by atoms with Crippen molar-refractivity contribution in [2.75, 3.05) is 37.0 Å². The molecule has 1 unspecified atom stereocenters. The van der Waals surface area contributed by atoms with Crippen molar-refractivity contribution >= 4 is 11.9 Å². The van der Waals surface area contributed by atoms with Gasteiger partial charge in [0, 0.05) is 19.1 Å². The molecule has 8 heteroatoms. The molecule has 0 aliphatic carbocycles. The predicted octanol–water partition coefficient (Wildman–Crippen LogP) is 0.698. The lowest BCUT2D eigenvalue weighted by Gasteiger charge is -2.20. The molecule has 1 aromatic rings. The number of nitrogens with zero attached hydrogens (tertiary/aromatic N) is 4. The van der Waals surface area contributed by atoms with Crippen LogP contribution in [-0.2, 0) is 0 Å². The summed E-state index contributed by atoms with van der Waals surface area (Å²) in [6.45, 7) is 9.94. The van der Waals surface area contributed by atoms with Crippen molar-refractivity contribution in [3.05, 3.63) is 0 Å². The van der Waals surface area contributed by atoms with Gasteiger partial charge in [-0.3, -0.25) is 5.43 Å². The lowest BCUT2D eigenvalue weighted by molar-refractivity contribution is 0.266. The first kappa shape index (κ1) is 15.7. The molecule has 1 fully saturated rings. The minimum absolute atomic E-state index is 0.276. The van der Waals surface area contributed by atoms with Crippen LogP contribution >= 0.6 is 0 Å². The van der Waals surface area contributed by atoms with Crippen LogP contribution in [-0.4, -0.2) is 52.1 Å². The van der Waals surface area contributed by atoms with Crippen LogP contribution in [0.25, 0.3) is 0 Å². The molecule has 1 atom stereocenters. The molecule has 2 rings (SSSR count). The van der Waals surface area contributed by atoms with Gasteiger partial charge in [0.1, 0.15) is 0 Å². The van der Waals surface area contributed by atoms with E-state index in [0.717, 1.165) is 19.6 Å². The molecule has 0 spiro atoms. The van der Waals surface area contributed by atoms with E-state index in [-0.39, 0.29) is 6.01 Å². The second-order valence-electron chi connectivity index (χ2n) is 5.47. The quantitative estimate of drug-likeness (QED) is 0.499. The summed E-state index contributed by atoms with van der Waals surface area (Å²) < 4.78 is 5.30. The van der Waals surface area contributed by atoms with Crippen LogP contribution in [0.4, 0.5) is 11.9 Å². The van der Waals surface area contributed by atoms with Crippen LogP contribution in [0.15, 0.2) is 0 Å². The minimum Gasteiger partial charge on any atom is -0.464 e. The molecule has 118 valence electrons. The minimum atomic E-state index is 0.276. The first-order valence-electron chi connectivity index (χ1n) is 7.45. The van der Waals surface area contributed by atoms with Gasteiger partial charge in [-0.1, -0.05) is 0 Å². The number of ether oxygens (including phenoxy) is 1. The number of hydrogen-bond donors (Lipinski definition) is 3. The van der Waals surface area contributed by atoms with E-state index in [4.69, 9.17) is 10.6 Å². The Morgan fingerprint density at radius 3 is 2.71 bits per heavy atom. The van der Waals surface area contributed by atoms with Crippen molar-refractivity contribution < 1.29 is 4.74 Å². The molecule has 0 bridgehead atoms. The van der Waals surface area contributed by atoms with Crippen molar-refractivity contribution in [1.82, 2.24) is 19.9 Å². The summed E-state index contributed by atoms with van der Waals surface area (Å²) in [5.74, 6) is 6.75. The van der Waals surface area contributed by atoms with Crippen LogP contribution < -0.4 is 21.3 Å². The molecule has 1 aliphatic heterocycles. The Kier molecular flexibility index (Phi) is 5.51. The van der Waals surface area contributed by atoms with Gasteiger partial charge >= 0.3 is 6.01 Å². The summed E-state index contributed by atoms with van der Waals surface area (Å²) in [5, 5.41) is 3.26. The molecular weight excluding hydrogens is 270 g/mol. The van der Waals surface area contributed by atoms with E-state index >= 15 is 0 Å². The normalized spacial score (nSPS) is 19.0. The summed E-state index contributed by atoms with van der Waals surface area (Å²) in [4.78, 5) is 14.9. The zero-order chi connectivity index (χ0) is 15.2. The highest BCUT2D eigenvalue weighted by Gasteiger charge is 2.24. The Hall–Kier alpha value is -1.67. The number of nitrogens with one attached hydrogen (secondary N) is 2. The first-order valence-corrected chi connectivity index (χ1v) is 7.45. The monoisotopic (exact) mass is 295 g/mol. The average molecular weight is 295 g/mol. The smallest absolute Gasteiger partial charge is 0.323 e. The number of anilines is 2. The summed E-state index contributed by atoms with van der Waals surface area (Å²) in [6, 6.07) is 0.878. The fourth-order valence-electron chi connectivity index (χ4n) is 2.43. The highest BCUT2D eigenvalue weighted by Crippen LogP contribution is 2.19. The van der Waals surface area contributed by atoms with E-state index in [0.29, 0.717) is 30.5 Å². The lowest BCUT2D eigenvalue weighted by atomic mass is 10.1. The van der Waals surface area contributed by atoms with Crippen molar-refractivity contribution in [1.29, 1.82) is 0 Å². The average Bonchev–Trinajstić information content (AvgIpc) is 2.94. The van der Waals surface area contributed by atoms with Gasteiger partial charge in [0.2, 0.25) is 11.9 Å². The number of rotatable bonds is 7. The fourth-order valence-corrected chi connectivity index (χ4v) is 2.43.